The average molecular weight is 341 g/mol. The molecule has 0 radical (unpaired) electrons. The monoisotopic (exact) mass is 340 g/mol. The fraction of sp³-hybridized carbons (Fsp3) is 0.588. The predicted molar refractivity (Wildman–Crippen MR) is 91.7 cm³/mol. The number of ether oxygens (including phenoxy) is 2. The van der Waals surface area contributed by atoms with Crippen LogP contribution in [0.1, 0.15) is 36.5 Å². The van der Waals surface area contributed by atoms with E-state index in [0.717, 1.165) is 32.4 Å². The summed E-state index contributed by atoms with van der Waals surface area (Å²) in [6, 6.07) is 3.30. The molecule has 2 N–H and O–H groups in total. The van der Waals surface area contributed by atoms with Crippen molar-refractivity contribution < 1.29 is 14.3 Å². The van der Waals surface area contributed by atoms with Gasteiger partial charge in [-0.2, -0.15) is 0 Å². The van der Waals surface area contributed by atoms with Crippen molar-refractivity contribution in [2.75, 3.05) is 33.4 Å². The van der Waals surface area contributed by atoms with Gasteiger partial charge in [0.15, 0.2) is 11.5 Å². The van der Waals surface area contributed by atoms with E-state index in [-0.39, 0.29) is 5.91 Å². The first kappa shape index (κ1) is 17.9. The number of amides is 1. The van der Waals surface area contributed by atoms with Crippen LogP contribution in [0.2, 0.25) is 5.02 Å². The number of hydrogen-bond donors (Lipinski definition) is 2. The minimum absolute atomic E-state index is 0.141. The molecule has 6 heteroatoms. The fourth-order valence-corrected chi connectivity index (χ4v) is 2.90. The van der Waals surface area contributed by atoms with E-state index in [4.69, 9.17) is 21.1 Å². The van der Waals surface area contributed by atoms with Crippen LogP contribution in [0.25, 0.3) is 0 Å². The molecule has 1 heterocycles. The molecule has 1 aliphatic rings. The Kier molecular flexibility index (Phi) is 6.99. The van der Waals surface area contributed by atoms with E-state index in [2.05, 4.69) is 10.6 Å². The van der Waals surface area contributed by atoms with Gasteiger partial charge in [-0.3, -0.25) is 4.79 Å². The third-order valence-corrected chi connectivity index (χ3v) is 4.17. The van der Waals surface area contributed by atoms with Crippen molar-refractivity contribution in [1.82, 2.24) is 10.6 Å². The van der Waals surface area contributed by atoms with Crippen LogP contribution in [0, 0.1) is 5.92 Å². The minimum Gasteiger partial charge on any atom is -0.493 e. The second-order valence-corrected chi connectivity index (χ2v) is 6.17. The van der Waals surface area contributed by atoms with Gasteiger partial charge >= 0.3 is 0 Å². The van der Waals surface area contributed by atoms with Crippen LogP contribution < -0.4 is 20.1 Å². The van der Waals surface area contributed by atoms with Gasteiger partial charge < -0.3 is 20.1 Å². The lowest BCUT2D eigenvalue weighted by molar-refractivity contribution is 0.0944. The number of piperidine rings is 1. The summed E-state index contributed by atoms with van der Waals surface area (Å²) in [5.41, 5.74) is 0.486. The molecule has 1 aromatic carbocycles. The van der Waals surface area contributed by atoms with Gasteiger partial charge in [0.1, 0.15) is 0 Å². The van der Waals surface area contributed by atoms with Crippen LogP contribution >= 0.6 is 11.6 Å². The number of carbonyl (C=O) groups is 1. The zero-order valence-corrected chi connectivity index (χ0v) is 14.5. The summed E-state index contributed by atoms with van der Waals surface area (Å²) in [6.07, 6.45) is 3.17. The van der Waals surface area contributed by atoms with Gasteiger partial charge in [0.05, 0.1) is 18.7 Å². The van der Waals surface area contributed by atoms with E-state index in [0.29, 0.717) is 41.2 Å². The highest BCUT2D eigenvalue weighted by molar-refractivity contribution is 6.32. The summed E-state index contributed by atoms with van der Waals surface area (Å²) in [6.45, 7) is 5.25. The molecule has 1 saturated heterocycles. The molecule has 1 unspecified atom stereocenters. The number of halogens is 1. The normalized spacial score (nSPS) is 17.6. The lowest BCUT2D eigenvalue weighted by atomic mass is 9.99. The van der Waals surface area contributed by atoms with E-state index < -0.39 is 0 Å². The van der Waals surface area contributed by atoms with Crippen LogP contribution in [-0.4, -0.2) is 39.3 Å². The zero-order valence-electron chi connectivity index (χ0n) is 13.8. The molecule has 2 rings (SSSR count). The van der Waals surface area contributed by atoms with Crippen molar-refractivity contribution >= 4 is 17.5 Å². The van der Waals surface area contributed by atoms with E-state index in [1.165, 1.54) is 0 Å². The Hall–Kier alpha value is -1.46. The number of nitrogens with one attached hydrogen (secondary N) is 2. The summed E-state index contributed by atoms with van der Waals surface area (Å²) in [7, 11) is 1.54. The van der Waals surface area contributed by atoms with Gasteiger partial charge in [0.2, 0.25) is 0 Å². The van der Waals surface area contributed by atoms with Gasteiger partial charge in [0, 0.05) is 12.1 Å². The summed E-state index contributed by atoms with van der Waals surface area (Å²) in [5.74, 6) is 1.31. The van der Waals surface area contributed by atoms with Gasteiger partial charge in [0.25, 0.3) is 5.91 Å². The van der Waals surface area contributed by atoms with Crippen molar-refractivity contribution in [1.29, 1.82) is 0 Å². The Morgan fingerprint density at radius 2 is 2.30 bits per heavy atom. The molecule has 0 bridgehead atoms. The number of methoxy groups -OCH3 is 1. The minimum atomic E-state index is -0.141. The zero-order chi connectivity index (χ0) is 16.7. The van der Waals surface area contributed by atoms with Gasteiger partial charge in [-0.05, 0) is 50.4 Å². The smallest absolute Gasteiger partial charge is 0.251 e. The topological polar surface area (TPSA) is 59.6 Å². The molecule has 0 saturated carbocycles. The maximum atomic E-state index is 12.3. The number of rotatable bonds is 7. The van der Waals surface area contributed by atoms with Crippen molar-refractivity contribution in [2.45, 2.75) is 26.2 Å². The summed E-state index contributed by atoms with van der Waals surface area (Å²) >= 11 is 6.25. The molecular weight excluding hydrogens is 316 g/mol. The number of benzene rings is 1. The highest BCUT2D eigenvalue weighted by Gasteiger charge is 2.18. The largest absolute Gasteiger partial charge is 0.493 e. The molecule has 23 heavy (non-hydrogen) atoms. The van der Waals surface area contributed by atoms with Gasteiger partial charge in [-0.15, -0.1) is 0 Å². The number of carbonyl (C=O) groups excluding carboxylic acids is 1. The average Bonchev–Trinajstić information content (AvgIpc) is 2.58. The van der Waals surface area contributed by atoms with E-state index in [1.807, 2.05) is 6.92 Å². The second-order valence-electron chi connectivity index (χ2n) is 5.76. The Morgan fingerprint density at radius 3 is 2.96 bits per heavy atom. The number of hydrogen-bond acceptors (Lipinski definition) is 4. The molecule has 1 aromatic rings. The predicted octanol–water partition coefficient (Wildman–Crippen LogP) is 2.87. The van der Waals surface area contributed by atoms with E-state index >= 15 is 0 Å². The molecule has 0 spiro atoms. The third kappa shape index (κ3) is 5.01. The third-order valence-electron chi connectivity index (χ3n) is 3.89. The standard InChI is InChI=1S/C17H25ClN2O3/c1-3-7-23-16-14(18)8-13(9-15(16)22-2)17(21)20-11-12-5-4-6-19-10-12/h8-9,12,19H,3-7,10-11H2,1-2H3,(H,20,21). The molecule has 1 amide bonds. The highest BCUT2D eigenvalue weighted by Crippen LogP contribution is 2.36. The maximum absolute atomic E-state index is 12.3. The van der Waals surface area contributed by atoms with Gasteiger partial charge in [-0.1, -0.05) is 18.5 Å². The van der Waals surface area contributed by atoms with Crippen molar-refractivity contribution in [3.63, 3.8) is 0 Å². The van der Waals surface area contributed by atoms with Crippen molar-refractivity contribution in [2.24, 2.45) is 5.92 Å². The summed E-state index contributed by atoms with van der Waals surface area (Å²) in [4.78, 5) is 12.3. The van der Waals surface area contributed by atoms with Crippen LogP contribution in [0.5, 0.6) is 11.5 Å². The summed E-state index contributed by atoms with van der Waals surface area (Å²) in [5, 5.41) is 6.71. The van der Waals surface area contributed by atoms with Crippen LogP contribution in [-0.2, 0) is 0 Å². The lowest BCUT2D eigenvalue weighted by Crippen LogP contribution is -2.38. The van der Waals surface area contributed by atoms with Gasteiger partial charge in [-0.25, -0.2) is 0 Å². The molecule has 1 aliphatic heterocycles. The van der Waals surface area contributed by atoms with E-state index in [1.54, 1.807) is 19.2 Å². The Morgan fingerprint density at radius 1 is 1.48 bits per heavy atom. The molecule has 1 fully saturated rings. The molecule has 0 aromatic heterocycles. The lowest BCUT2D eigenvalue weighted by Gasteiger charge is -2.23. The Labute approximate surface area is 142 Å². The second kappa shape index (κ2) is 8.99. The highest BCUT2D eigenvalue weighted by atomic mass is 35.5. The molecule has 5 nitrogen and oxygen atoms in total. The van der Waals surface area contributed by atoms with E-state index in [9.17, 15) is 4.79 Å². The Bertz CT molecular complexity index is 531. The molecular formula is C17H25ClN2O3. The molecule has 128 valence electrons. The first-order valence-electron chi connectivity index (χ1n) is 8.15. The SMILES string of the molecule is CCCOc1c(Cl)cc(C(=O)NCC2CCCNC2)cc1OC. The molecule has 1 atom stereocenters. The first-order valence-corrected chi connectivity index (χ1v) is 8.52. The van der Waals surface area contributed by atoms with Crippen LogP contribution in [0.15, 0.2) is 12.1 Å². The van der Waals surface area contributed by atoms with Crippen molar-refractivity contribution in [3.8, 4) is 11.5 Å². The first-order chi connectivity index (χ1) is 11.2. The molecule has 0 aliphatic carbocycles. The fourth-order valence-electron chi connectivity index (χ4n) is 2.63. The summed E-state index contributed by atoms with van der Waals surface area (Å²) < 4.78 is 10.9. The van der Waals surface area contributed by atoms with Crippen LogP contribution in [0.4, 0.5) is 0 Å². The van der Waals surface area contributed by atoms with Crippen LogP contribution in [0.3, 0.4) is 0 Å². The maximum Gasteiger partial charge on any atom is 0.251 e. The Balaban J connectivity index is 2.03. The quantitative estimate of drug-likeness (QED) is 0.801. The van der Waals surface area contributed by atoms with Crippen molar-refractivity contribution in [3.05, 3.63) is 22.7 Å².